The molecule has 17 heavy (non-hydrogen) atoms. The van der Waals surface area contributed by atoms with Gasteiger partial charge in [0.15, 0.2) is 0 Å². The number of hydrogen-bond donors (Lipinski definition) is 3. The van der Waals surface area contributed by atoms with Gasteiger partial charge in [0.25, 0.3) is 0 Å². The van der Waals surface area contributed by atoms with Crippen molar-refractivity contribution in [2.24, 2.45) is 11.8 Å². The predicted octanol–water partition coefficient (Wildman–Crippen LogP) is -0.637. The topological polar surface area (TPSA) is 95.9 Å². The first kappa shape index (κ1) is 12.3. The Morgan fingerprint density at radius 1 is 1.47 bits per heavy atom. The number of aliphatic hydroxyl groups excluding tert-OH is 1. The van der Waals surface area contributed by atoms with Crippen LogP contribution in [0.5, 0.6) is 0 Å². The normalized spacial score (nSPS) is 40.0. The molecule has 1 aliphatic heterocycles. The first-order valence-electron chi connectivity index (χ1n) is 5.87. The van der Waals surface area contributed by atoms with Crippen LogP contribution < -0.4 is 5.32 Å². The van der Waals surface area contributed by atoms with Crippen LogP contribution in [0, 0.1) is 11.8 Å². The molecule has 0 amide bonds. The molecule has 1 heterocycles. The fourth-order valence-electron chi connectivity index (χ4n) is 3.06. The summed E-state index contributed by atoms with van der Waals surface area (Å²) in [4.78, 5) is 23.4. The van der Waals surface area contributed by atoms with E-state index in [2.05, 4.69) is 5.32 Å². The van der Waals surface area contributed by atoms with Crippen LogP contribution in [0.15, 0.2) is 0 Å². The Morgan fingerprint density at radius 2 is 2.18 bits per heavy atom. The van der Waals surface area contributed by atoms with Crippen LogP contribution in [-0.4, -0.2) is 46.9 Å². The minimum atomic E-state index is -1.67. The summed E-state index contributed by atoms with van der Waals surface area (Å²) in [5, 5.41) is 21.8. The minimum absolute atomic E-state index is 0.148. The lowest BCUT2D eigenvalue weighted by Crippen LogP contribution is -2.59. The molecule has 0 spiro atoms. The fourth-order valence-corrected chi connectivity index (χ4v) is 3.06. The number of fused-ring (bicyclic) bond motifs is 1. The molecule has 4 atom stereocenters. The summed E-state index contributed by atoms with van der Waals surface area (Å²) >= 11 is 0. The smallest absolute Gasteiger partial charge is 0.338 e. The summed E-state index contributed by atoms with van der Waals surface area (Å²) in [5.74, 6) is -2.50. The Labute approximate surface area is 99.0 Å². The Bertz CT molecular complexity index is 345. The van der Waals surface area contributed by atoms with Crippen LogP contribution in [0.1, 0.15) is 19.8 Å². The summed E-state index contributed by atoms with van der Waals surface area (Å²) < 4.78 is 4.87. The lowest BCUT2D eigenvalue weighted by Gasteiger charge is -2.28. The van der Waals surface area contributed by atoms with Crippen molar-refractivity contribution in [3.63, 3.8) is 0 Å². The van der Waals surface area contributed by atoms with E-state index in [0.717, 1.165) is 0 Å². The van der Waals surface area contributed by atoms with Gasteiger partial charge in [-0.25, -0.2) is 9.59 Å². The molecule has 96 valence electrons. The van der Waals surface area contributed by atoms with Gasteiger partial charge in [-0.05, 0) is 19.8 Å². The summed E-state index contributed by atoms with van der Waals surface area (Å²) in [7, 11) is 0. The molecule has 1 saturated carbocycles. The summed E-state index contributed by atoms with van der Waals surface area (Å²) in [5.41, 5.74) is -1.67. The lowest BCUT2D eigenvalue weighted by molar-refractivity contribution is -0.164. The molecule has 0 aromatic carbocycles. The van der Waals surface area contributed by atoms with Crippen molar-refractivity contribution < 1.29 is 24.5 Å². The molecular weight excluding hydrogens is 226 g/mol. The van der Waals surface area contributed by atoms with Gasteiger partial charge in [-0.2, -0.15) is 0 Å². The van der Waals surface area contributed by atoms with Gasteiger partial charge >= 0.3 is 11.9 Å². The highest BCUT2D eigenvalue weighted by molar-refractivity contribution is 6.05. The highest BCUT2D eigenvalue weighted by Gasteiger charge is 2.63. The number of ether oxygens (including phenoxy) is 1. The van der Waals surface area contributed by atoms with E-state index < -0.39 is 23.6 Å². The number of carboxylic acids is 1. The number of hydrogen-bond acceptors (Lipinski definition) is 5. The molecule has 0 aromatic rings. The average Bonchev–Trinajstić information content (AvgIpc) is 2.80. The van der Waals surface area contributed by atoms with E-state index in [9.17, 15) is 19.8 Å². The SMILES string of the molecule is CCOC(=O)C1(C(=O)O)NCC2C(O)CCC21. The number of aliphatic hydroxyl groups is 1. The molecule has 4 unspecified atom stereocenters. The van der Waals surface area contributed by atoms with Gasteiger partial charge < -0.3 is 14.9 Å². The number of carboxylic acid groups (broad SMARTS) is 1. The van der Waals surface area contributed by atoms with Gasteiger partial charge in [-0.15, -0.1) is 0 Å². The van der Waals surface area contributed by atoms with Crippen LogP contribution in [0.4, 0.5) is 0 Å². The molecule has 0 aromatic heterocycles. The van der Waals surface area contributed by atoms with E-state index in [-0.39, 0.29) is 18.4 Å². The average molecular weight is 243 g/mol. The van der Waals surface area contributed by atoms with Crippen molar-refractivity contribution in [2.75, 3.05) is 13.2 Å². The third kappa shape index (κ3) is 1.63. The fraction of sp³-hybridized carbons (Fsp3) is 0.818. The maximum absolute atomic E-state index is 11.9. The van der Waals surface area contributed by atoms with Crippen LogP contribution >= 0.6 is 0 Å². The van der Waals surface area contributed by atoms with Crippen LogP contribution in [0.25, 0.3) is 0 Å². The maximum Gasteiger partial charge on any atom is 0.338 e. The summed E-state index contributed by atoms with van der Waals surface area (Å²) in [6, 6.07) is 0. The van der Waals surface area contributed by atoms with E-state index in [4.69, 9.17) is 4.74 Å². The highest BCUT2D eigenvalue weighted by Crippen LogP contribution is 2.44. The van der Waals surface area contributed by atoms with Gasteiger partial charge in [0.1, 0.15) is 0 Å². The largest absolute Gasteiger partial charge is 0.479 e. The Hall–Kier alpha value is -1.14. The number of esters is 1. The quantitative estimate of drug-likeness (QED) is 0.451. The highest BCUT2D eigenvalue weighted by atomic mass is 16.5. The molecular formula is C11H17NO5. The van der Waals surface area contributed by atoms with Crippen LogP contribution in [-0.2, 0) is 14.3 Å². The number of carbonyl (C=O) groups excluding carboxylic acids is 1. The standard InChI is InChI=1S/C11H17NO5/c1-2-17-10(16)11(9(14)15)7-3-4-8(13)6(7)5-12-11/h6-8,12-13H,2-5H2,1H3,(H,14,15). The Balaban J connectivity index is 2.30. The maximum atomic E-state index is 11.9. The third-order valence-electron chi connectivity index (χ3n) is 3.89. The van der Waals surface area contributed by atoms with Gasteiger partial charge in [0.2, 0.25) is 5.54 Å². The molecule has 1 saturated heterocycles. The van der Waals surface area contributed by atoms with Gasteiger partial charge in [0, 0.05) is 18.4 Å². The molecule has 2 fully saturated rings. The molecule has 1 aliphatic carbocycles. The monoisotopic (exact) mass is 243 g/mol. The van der Waals surface area contributed by atoms with Crippen LogP contribution in [0.2, 0.25) is 0 Å². The second-order valence-corrected chi connectivity index (χ2v) is 4.63. The first-order valence-corrected chi connectivity index (χ1v) is 5.87. The van der Waals surface area contributed by atoms with Crippen molar-refractivity contribution in [2.45, 2.75) is 31.4 Å². The van der Waals surface area contributed by atoms with Crippen molar-refractivity contribution in [1.82, 2.24) is 5.32 Å². The molecule has 0 bridgehead atoms. The minimum Gasteiger partial charge on any atom is -0.479 e. The second kappa shape index (κ2) is 4.27. The van der Waals surface area contributed by atoms with Crippen molar-refractivity contribution in [1.29, 1.82) is 0 Å². The van der Waals surface area contributed by atoms with Crippen molar-refractivity contribution in [3.8, 4) is 0 Å². The Kier molecular flexibility index (Phi) is 3.09. The van der Waals surface area contributed by atoms with Gasteiger partial charge in [-0.1, -0.05) is 0 Å². The molecule has 0 radical (unpaired) electrons. The van der Waals surface area contributed by atoms with E-state index >= 15 is 0 Å². The predicted molar refractivity (Wildman–Crippen MR) is 57.2 cm³/mol. The zero-order valence-corrected chi connectivity index (χ0v) is 9.68. The number of carbonyl (C=O) groups is 2. The first-order chi connectivity index (χ1) is 8.04. The molecule has 2 rings (SSSR count). The summed E-state index contributed by atoms with van der Waals surface area (Å²) in [6.07, 6.45) is 0.554. The van der Waals surface area contributed by atoms with Gasteiger partial charge in [-0.3, -0.25) is 5.32 Å². The van der Waals surface area contributed by atoms with Crippen LogP contribution in [0.3, 0.4) is 0 Å². The van der Waals surface area contributed by atoms with Crippen molar-refractivity contribution in [3.05, 3.63) is 0 Å². The zero-order valence-electron chi connectivity index (χ0n) is 9.68. The Morgan fingerprint density at radius 3 is 2.76 bits per heavy atom. The zero-order chi connectivity index (χ0) is 12.6. The van der Waals surface area contributed by atoms with E-state index in [0.29, 0.717) is 19.4 Å². The van der Waals surface area contributed by atoms with Gasteiger partial charge in [0.05, 0.1) is 12.7 Å². The van der Waals surface area contributed by atoms with E-state index in [1.807, 2.05) is 0 Å². The van der Waals surface area contributed by atoms with Crippen molar-refractivity contribution >= 4 is 11.9 Å². The second-order valence-electron chi connectivity index (χ2n) is 4.63. The molecule has 3 N–H and O–H groups in total. The van der Waals surface area contributed by atoms with E-state index in [1.54, 1.807) is 6.92 Å². The number of rotatable bonds is 3. The number of nitrogens with one attached hydrogen (secondary N) is 1. The lowest BCUT2D eigenvalue weighted by atomic mass is 9.81. The third-order valence-corrected chi connectivity index (χ3v) is 3.89. The molecule has 6 nitrogen and oxygen atoms in total. The molecule has 6 heteroatoms. The molecule has 2 aliphatic rings. The summed E-state index contributed by atoms with van der Waals surface area (Å²) in [6.45, 7) is 2.13. The van der Waals surface area contributed by atoms with E-state index in [1.165, 1.54) is 0 Å². The number of aliphatic carboxylic acids is 1.